The lowest BCUT2D eigenvalue weighted by atomic mass is 10.00. The molecule has 0 saturated carbocycles. The third kappa shape index (κ3) is 3.91. The quantitative estimate of drug-likeness (QED) is 0.875. The van der Waals surface area contributed by atoms with Crippen LogP contribution in [0.4, 0.5) is 5.69 Å². The van der Waals surface area contributed by atoms with E-state index in [1.165, 1.54) is 17.3 Å². The molecule has 23 heavy (non-hydrogen) atoms. The first-order valence-corrected chi connectivity index (χ1v) is 9.33. The van der Waals surface area contributed by atoms with Crippen molar-refractivity contribution in [2.75, 3.05) is 11.9 Å². The number of sulfonamides is 1. The van der Waals surface area contributed by atoms with Gasteiger partial charge >= 0.3 is 0 Å². The lowest BCUT2D eigenvalue weighted by Gasteiger charge is -2.37. The van der Waals surface area contributed by atoms with Gasteiger partial charge in [0.1, 0.15) is 0 Å². The normalized spacial score (nSPS) is 21.0. The zero-order chi connectivity index (χ0) is 17.2. The molecule has 2 atom stereocenters. The number of rotatable bonds is 4. The summed E-state index contributed by atoms with van der Waals surface area (Å²) in [6.07, 6.45) is 2.61. The van der Waals surface area contributed by atoms with Crippen molar-refractivity contribution < 1.29 is 13.2 Å². The molecule has 7 heteroatoms. The van der Waals surface area contributed by atoms with Gasteiger partial charge in [-0.05, 0) is 44.4 Å². The lowest BCUT2D eigenvalue weighted by molar-refractivity contribution is -0.114. The van der Waals surface area contributed by atoms with Crippen molar-refractivity contribution >= 4 is 21.6 Å². The van der Waals surface area contributed by atoms with Crippen molar-refractivity contribution in [3.05, 3.63) is 23.8 Å². The van der Waals surface area contributed by atoms with Gasteiger partial charge in [0.25, 0.3) is 0 Å². The summed E-state index contributed by atoms with van der Waals surface area (Å²) in [7, 11) is -3.63. The highest BCUT2D eigenvalue weighted by atomic mass is 32.2. The molecule has 0 bridgehead atoms. The second kappa shape index (κ2) is 6.98. The Bertz CT molecular complexity index is 686. The van der Waals surface area contributed by atoms with Gasteiger partial charge in [-0.15, -0.1) is 0 Å². The number of hydrogen-bond acceptors (Lipinski definition) is 4. The van der Waals surface area contributed by atoms with Crippen molar-refractivity contribution in [3.8, 4) is 0 Å². The Morgan fingerprint density at radius 1 is 1.39 bits per heavy atom. The van der Waals surface area contributed by atoms with Crippen LogP contribution >= 0.6 is 0 Å². The minimum absolute atomic E-state index is 0.181. The standard InChI is InChI=1S/C16H25N3O3S/c1-11-7-8-14(10-15(11)18-13(3)20)23(21,22)19-9-5-4-6-16(19)12(2)17/h7-8,10,12,16H,4-6,9,17H2,1-3H3,(H,18,20). The summed E-state index contributed by atoms with van der Waals surface area (Å²) in [5.74, 6) is -0.228. The zero-order valence-corrected chi connectivity index (χ0v) is 14.7. The number of nitrogens with one attached hydrogen (secondary N) is 1. The first-order valence-electron chi connectivity index (χ1n) is 7.89. The summed E-state index contributed by atoms with van der Waals surface area (Å²) in [6, 6.07) is 4.43. The van der Waals surface area contributed by atoms with Gasteiger partial charge in [0.15, 0.2) is 0 Å². The van der Waals surface area contributed by atoms with Crippen LogP contribution in [0.3, 0.4) is 0 Å². The summed E-state index contributed by atoms with van der Waals surface area (Å²) >= 11 is 0. The minimum atomic E-state index is -3.63. The summed E-state index contributed by atoms with van der Waals surface area (Å²) in [5.41, 5.74) is 7.33. The van der Waals surface area contributed by atoms with Crippen molar-refractivity contribution in [1.82, 2.24) is 4.31 Å². The van der Waals surface area contributed by atoms with Gasteiger partial charge in [-0.25, -0.2) is 8.42 Å². The van der Waals surface area contributed by atoms with Crippen LogP contribution in [0.25, 0.3) is 0 Å². The van der Waals surface area contributed by atoms with Crippen LogP contribution in [0.1, 0.15) is 38.7 Å². The molecular weight excluding hydrogens is 314 g/mol. The number of anilines is 1. The average Bonchev–Trinajstić information content (AvgIpc) is 2.48. The highest BCUT2D eigenvalue weighted by molar-refractivity contribution is 7.89. The molecule has 1 aromatic carbocycles. The predicted octanol–water partition coefficient (Wildman–Crippen LogP) is 1.84. The van der Waals surface area contributed by atoms with Gasteiger partial charge in [-0.2, -0.15) is 4.31 Å². The van der Waals surface area contributed by atoms with Crippen molar-refractivity contribution in [1.29, 1.82) is 0 Å². The molecule has 1 heterocycles. The van der Waals surface area contributed by atoms with Crippen LogP contribution in [-0.4, -0.2) is 37.3 Å². The summed E-state index contributed by atoms with van der Waals surface area (Å²) in [6.45, 7) is 5.55. The smallest absolute Gasteiger partial charge is 0.243 e. The van der Waals surface area contributed by atoms with E-state index in [9.17, 15) is 13.2 Å². The van der Waals surface area contributed by atoms with Crippen LogP contribution in [-0.2, 0) is 14.8 Å². The van der Waals surface area contributed by atoms with Crippen LogP contribution in [0.5, 0.6) is 0 Å². The molecule has 3 N–H and O–H groups in total. The molecule has 128 valence electrons. The van der Waals surface area contributed by atoms with E-state index in [4.69, 9.17) is 5.73 Å². The molecule has 0 aromatic heterocycles. The summed E-state index contributed by atoms with van der Waals surface area (Å²) < 4.78 is 27.5. The third-order valence-electron chi connectivity index (χ3n) is 4.23. The van der Waals surface area contributed by atoms with Gasteiger partial charge in [-0.1, -0.05) is 12.5 Å². The van der Waals surface area contributed by atoms with Gasteiger partial charge in [0, 0.05) is 31.2 Å². The van der Waals surface area contributed by atoms with Crippen LogP contribution in [0, 0.1) is 6.92 Å². The van der Waals surface area contributed by atoms with E-state index in [1.54, 1.807) is 12.1 Å². The van der Waals surface area contributed by atoms with E-state index in [0.29, 0.717) is 12.2 Å². The maximum absolute atomic E-state index is 13.0. The van der Waals surface area contributed by atoms with E-state index in [0.717, 1.165) is 24.8 Å². The first-order chi connectivity index (χ1) is 10.7. The number of nitrogens with two attached hydrogens (primary N) is 1. The SMILES string of the molecule is CC(=O)Nc1cc(S(=O)(=O)N2CCCCC2C(C)N)ccc1C. The topological polar surface area (TPSA) is 92.5 Å². The van der Waals surface area contributed by atoms with Crippen molar-refractivity contribution in [2.45, 2.75) is 57.0 Å². The first kappa shape index (κ1) is 17.9. The molecule has 1 amide bonds. The Kier molecular flexibility index (Phi) is 5.44. The minimum Gasteiger partial charge on any atom is -0.326 e. The van der Waals surface area contributed by atoms with Gasteiger partial charge in [0.2, 0.25) is 15.9 Å². The van der Waals surface area contributed by atoms with Gasteiger partial charge in [0.05, 0.1) is 4.90 Å². The maximum atomic E-state index is 13.0. The summed E-state index contributed by atoms with van der Waals surface area (Å²) in [5, 5.41) is 2.68. The highest BCUT2D eigenvalue weighted by Gasteiger charge is 2.35. The second-order valence-electron chi connectivity index (χ2n) is 6.20. The zero-order valence-electron chi connectivity index (χ0n) is 13.9. The van der Waals surface area contributed by atoms with Gasteiger partial charge in [-0.3, -0.25) is 4.79 Å². The van der Waals surface area contributed by atoms with E-state index in [1.807, 2.05) is 13.8 Å². The molecular formula is C16H25N3O3S. The van der Waals surface area contributed by atoms with Crippen molar-refractivity contribution in [2.24, 2.45) is 5.73 Å². The molecule has 2 rings (SSSR count). The molecule has 1 aromatic rings. The molecule has 6 nitrogen and oxygen atoms in total. The predicted molar refractivity (Wildman–Crippen MR) is 90.7 cm³/mol. The Hall–Kier alpha value is -1.44. The summed E-state index contributed by atoms with van der Waals surface area (Å²) in [4.78, 5) is 11.5. The fourth-order valence-corrected chi connectivity index (χ4v) is 4.78. The van der Waals surface area contributed by atoms with E-state index < -0.39 is 10.0 Å². The third-order valence-corrected chi connectivity index (χ3v) is 6.15. The Morgan fingerprint density at radius 2 is 2.09 bits per heavy atom. The molecule has 2 unspecified atom stereocenters. The average molecular weight is 339 g/mol. The van der Waals surface area contributed by atoms with E-state index in [2.05, 4.69) is 5.32 Å². The Labute approximate surface area is 138 Å². The van der Waals surface area contributed by atoms with Crippen LogP contribution < -0.4 is 11.1 Å². The number of carbonyl (C=O) groups is 1. The Morgan fingerprint density at radius 3 is 2.70 bits per heavy atom. The molecule has 1 aliphatic rings. The maximum Gasteiger partial charge on any atom is 0.243 e. The lowest BCUT2D eigenvalue weighted by Crippen LogP contribution is -2.51. The number of amides is 1. The fraction of sp³-hybridized carbons (Fsp3) is 0.562. The molecule has 1 fully saturated rings. The number of carbonyl (C=O) groups excluding carboxylic acids is 1. The number of piperidine rings is 1. The molecule has 1 aliphatic heterocycles. The second-order valence-corrected chi connectivity index (χ2v) is 8.09. The largest absolute Gasteiger partial charge is 0.326 e. The molecule has 0 radical (unpaired) electrons. The Balaban J connectivity index is 2.40. The van der Waals surface area contributed by atoms with Crippen LogP contribution in [0.2, 0.25) is 0 Å². The van der Waals surface area contributed by atoms with E-state index in [-0.39, 0.29) is 22.9 Å². The number of aryl methyl sites for hydroxylation is 1. The fourth-order valence-electron chi connectivity index (χ4n) is 2.98. The van der Waals surface area contributed by atoms with Crippen molar-refractivity contribution in [3.63, 3.8) is 0 Å². The number of hydrogen-bond donors (Lipinski definition) is 2. The monoisotopic (exact) mass is 339 g/mol. The highest BCUT2D eigenvalue weighted by Crippen LogP contribution is 2.29. The number of nitrogens with zero attached hydrogens (tertiary/aromatic N) is 1. The van der Waals surface area contributed by atoms with E-state index >= 15 is 0 Å². The van der Waals surface area contributed by atoms with Gasteiger partial charge < -0.3 is 11.1 Å². The van der Waals surface area contributed by atoms with Crippen LogP contribution in [0.15, 0.2) is 23.1 Å². The molecule has 1 saturated heterocycles. The number of benzene rings is 1. The molecule has 0 aliphatic carbocycles. The molecule has 0 spiro atoms.